The Morgan fingerprint density at radius 2 is 1.29 bits per heavy atom. The van der Waals surface area contributed by atoms with Crippen molar-refractivity contribution in [3.05, 3.63) is 0 Å². The van der Waals surface area contributed by atoms with E-state index in [9.17, 15) is 0 Å². The van der Waals surface area contributed by atoms with E-state index in [1.165, 1.54) is 0 Å². The lowest BCUT2D eigenvalue weighted by atomic mass is 11.8. The molecular formula is C2H6N4S. The summed E-state index contributed by atoms with van der Waals surface area (Å²) in [6, 6.07) is 0. The summed E-state index contributed by atoms with van der Waals surface area (Å²) in [7, 11) is 0. The fourth-order valence-corrected chi connectivity index (χ4v) is 0.0612. The average Bonchev–Trinajstić information content (AvgIpc) is 1.41. The second-order valence-electron chi connectivity index (χ2n) is 0.285. The lowest BCUT2D eigenvalue weighted by Gasteiger charge is -1.44. The molecule has 0 saturated carbocycles. The van der Waals surface area contributed by atoms with Gasteiger partial charge in [0.05, 0.1) is 11.8 Å². The molecule has 0 aliphatic heterocycles. The fraction of sp³-hybridized carbons (Fsp3) is 0. The van der Waals surface area contributed by atoms with Crippen molar-refractivity contribution in [2.24, 2.45) is 0 Å². The van der Waals surface area contributed by atoms with Crippen LogP contribution in [0.3, 0.4) is 0 Å². The van der Waals surface area contributed by atoms with E-state index in [4.69, 9.17) is 10.5 Å². The van der Waals surface area contributed by atoms with E-state index in [1.807, 2.05) is 0 Å². The maximum atomic E-state index is 7.56. The molecule has 0 aliphatic rings. The van der Waals surface area contributed by atoms with E-state index in [0.717, 1.165) is 0 Å². The van der Waals surface area contributed by atoms with Crippen LogP contribution in [0, 0.1) is 21.3 Å². The maximum Gasteiger partial charge on any atom is 0.149 e. The molecule has 7 heavy (non-hydrogen) atoms. The van der Waals surface area contributed by atoms with Gasteiger partial charge in [-0.25, -0.2) is 0 Å². The van der Waals surface area contributed by atoms with Gasteiger partial charge in [-0.2, -0.15) is 10.5 Å². The number of hydrogen-bond donors (Lipinski definition) is 2. The van der Waals surface area contributed by atoms with Crippen LogP contribution in [0.2, 0.25) is 0 Å². The number of rotatable bonds is 0. The monoisotopic (exact) mass is 118 g/mol. The quantitative estimate of drug-likeness (QED) is 0.460. The number of thiocyanates is 2. The minimum absolute atomic E-state index is 0. The maximum absolute atomic E-state index is 7.56. The lowest BCUT2D eigenvalue weighted by Crippen LogP contribution is -1.29. The molecule has 0 aromatic rings. The Kier molecular flexibility index (Phi) is 43.6. The third-order valence-corrected chi connectivity index (χ3v) is 0.274. The third kappa shape index (κ3) is 35.5. The number of nitrogens with zero attached hydrogens (tertiary/aromatic N) is 2. The summed E-state index contributed by atoms with van der Waals surface area (Å²) >= 11 is 0.574. The molecule has 5 heteroatoms. The highest BCUT2D eigenvalue weighted by Gasteiger charge is 1.62. The van der Waals surface area contributed by atoms with Crippen LogP contribution in [0.15, 0.2) is 0 Å². The summed E-state index contributed by atoms with van der Waals surface area (Å²) in [4.78, 5) is 0. The van der Waals surface area contributed by atoms with E-state index < -0.39 is 0 Å². The Hall–Kier alpha value is -0.750. The molecule has 6 N–H and O–H groups in total. The highest BCUT2D eigenvalue weighted by molar-refractivity contribution is 8.07. The molecule has 0 aromatic heterocycles. The number of thioether (sulfide) groups is 1. The molecule has 0 bridgehead atoms. The summed E-state index contributed by atoms with van der Waals surface area (Å²) in [6.45, 7) is 0. The van der Waals surface area contributed by atoms with Gasteiger partial charge in [0.2, 0.25) is 0 Å². The zero-order valence-electron chi connectivity index (χ0n) is 3.72. The van der Waals surface area contributed by atoms with E-state index in [0.29, 0.717) is 11.8 Å². The summed E-state index contributed by atoms with van der Waals surface area (Å²) in [5, 5.41) is 18.3. The molecule has 0 atom stereocenters. The Morgan fingerprint density at radius 3 is 1.29 bits per heavy atom. The Labute approximate surface area is 46.3 Å². The summed E-state index contributed by atoms with van der Waals surface area (Å²) in [5.74, 6) is 0. The first-order valence-corrected chi connectivity index (χ1v) is 1.67. The van der Waals surface area contributed by atoms with Crippen LogP contribution < -0.4 is 12.3 Å². The molecule has 0 aliphatic carbocycles. The van der Waals surface area contributed by atoms with Crippen LogP contribution in [0.25, 0.3) is 0 Å². The van der Waals surface area contributed by atoms with Crippen LogP contribution in [0.5, 0.6) is 0 Å². The van der Waals surface area contributed by atoms with Gasteiger partial charge >= 0.3 is 0 Å². The normalized spacial score (nSPS) is 3.14. The van der Waals surface area contributed by atoms with Crippen molar-refractivity contribution in [2.45, 2.75) is 0 Å². The molecule has 0 rings (SSSR count). The average molecular weight is 118 g/mol. The van der Waals surface area contributed by atoms with Crippen LogP contribution in [-0.4, -0.2) is 0 Å². The molecule has 0 heterocycles. The third-order valence-electron chi connectivity index (χ3n) is 0.0913. The second-order valence-corrected chi connectivity index (χ2v) is 0.854. The van der Waals surface area contributed by atoms with Gasteiger partial charge in [-0.15, -0.1) is 0 Å². The van der Waals surface area contributed by atoms with Gasteiger partial charge in [0.1, 0.15) is 10.8 Å². The standard InChI is InChI=1S/C2N2S.2H3N/c3-1-5-2-4;;/h;2*1H3. The van der Waals surface area contributed by atoms with Crippen LogP contribution in [0.4, 0.5) is 0 Å². The zero-order valence-corrected chi connectivity index (χ0v) is 4.53. The molecule has 0 fully saturated rings. The Bertz CT molecular complexity index is 74.8. The van der Waals surface area contributed by atoms with Crippen molar-refractivity contribution in [1.29, 1.82) is 10.5 Å². The zero-order chi connectivity index (χ0) is 4.12. The van der Waals surface area contributed by atoms with E-state index >= 15 is 0 Å². The SMILES string of the molecule is N.N.N#CSC#N. The summed E-state index contributed by atoms with van der Waals surface area (Å²) < 4.78 is 0. The molecular weight excluding hydrogens is 112 g/mol. The Balaban J connectivity index is -0.0000000800. The highest BCUT2D eigenvalue weighted by atomic mass is 32.2. The first kappa shape index (κ1) is 16.3. The van der Waals surface area contributed by atoms with Crippen molar-refractivity contribution in [2.75, 3.05) is 0 Å². The summed E-state index contributed by atoms with van der Waals surface area (Å²) in [5.41, 5.74) is 0. The minimum atomic E-state index is 0. The van der Waals surface area contributed by atoms with Crippen LogP contribution in [0.1, 0.15) is 0 Å². The van der Waals surface area contributed by atoms with E-state index in [-0.39, 0.29) is 12.3 Å². The van der Waals surface area contributed by atoms with Crippen molar-refractivity contribution in [1.82, 2.24) is 12.3 Å². The number of nitriles is 2. The second kappa shape index (κ2) is 18.7. The van der Waals surface area contributed by atoms with Gasteiger partial charge < -0.3 is 12.3 Å². The largest absolute Gasteiger partial charge is 0.344 e. The summed E-state index contributed by atoms with van der Waals surface area (Å²) in [6.07, 6.45) is 0. The van der Waals surface area contributed by atoms with E-state index in [2.05, 4.69) is 0 Å². The molecule has 0 unspecified atom stereocenters. The molecule has 0 aromatic carbocycles. The van der Waals surface area contributed by atoms with Gasteiger partial charge in [-0.1, -0.05) is 0 Å². The van der Waals surface area contributed by atoms with Gasteiger partial charge in [-0.3, -0.25) is 0 Å². The predicted molar refractivity (Wildman–Crippen MR) is 28.9 cm³/mol. The van der Waals surface area contributed by atoms with Gasteiger partial charge in [0.25, 0.3) is 0 Å². The van der Waals surface area contributed by atoms with Crippen molar-refractivity contribution in [3.63, 3.8) is 0 Å². The fourth-order valence-electron chi connectivity index (χ4n) is 0.0204. The molecule has 0 saturated heterocycles. The van der Waals surface area contributed by atoms with Gasteiger partial charge in [0.15, 0.2) is 0 Å². The molecule has 0 radical (unpaired) electrons. The molecule has 40 valence electrons. The van der Waals surface area contributed by atoms with Crippen LogP contribution >= 0.6 is 11.8 Å². The minimum Gasteiger partial charge on any atom is -0.344 e. The van der Waals surface area contributed by atoms with Crippen molar-refractivity contribution in [3.8, 4) is 10.8 Å². The molecule has 0 spiro atoms. The lowest BCUT2D eigenvalue weighted by molar-refractivity contribution is 1.56. The van der Waals surface area contributed by atoms with Crippen molar-refractivity contribution >= 4 is 11.8 Å². The number of hydrogen-bond acceptors (Lipinski definition) is 5. The topological polar surface area (TPSA) is 118 Å². The molecule has 4 nitrogen and oxygen atoms in total. The first-order valence-electron chi connectivity index (χ1n) is 0.855. The molecule has 0 amide bonds. The Morgan fingerprint density at radius 1 is 1.00 bits per heavy atom. The highest BCUT2D eigenvalue weighted by Crippen LogP contribution is 1.85. The van der Waals surface area contributed by atoms with Crippen molar-refractivity contribution < 1.29 is 0 Å². The van der Waals surface area contributed by atoms with Crippen LogP contribution in [-0.2, 0) is 0 Å². The van der Waals surface area contributed by atoms with Gasteiger partial charge in [0, 0.05) is 0 Å². The smallest absolute Gasteiger partial charge is 0.149 e. The van der Waals surface area contributed by atoms with E-state index in [1.54, 1.807) is 10.8 Å². The predicted octanol–water partition coefficient (Wildman–Crippen LogP) is 1.01. The first-order chi connectivity index (χ1) is 2.41. The van der Waals surface area contributed by atoms with Gasteiger partial charge in [-0.05, 0) is 0 Å².